The van der Waals surface area contributed by atoms with Crippen molar-refractivity contribution in [1.29, 1.82) is 0 Å². The highest BCUT2D eigenvalue weighted by atomic mass is 32.2. The van der Waals surface area contributed by atoms with E-state index in [0.717, 1.165) is 54.1 Å². The van der Waals surface area contributed by atoms with E-state index in [9.17, 15) is 4.79 Å². The average Bonchev–Trinajstić information content (AvgIpc) is 3.35. The van der Waals surface area contributed by atoms with Gasteiger partial charge >= 0.3 is 0 Å². The monoisotopic (exact) mass is 429 g/mol. The molecular weight excluding hydrogens is 402 g/mol. The van der Waals surface area contributed by atoms with E-state index in [2.05, 4.69) is 25.0 Å². The van der Waals surface area contributed by atoms with Crippen LogP contribution in [0.3, 0.4) is 0 Å². The Morgan fingerprint density at radius 1 is 1.20 bits per heavy atom. The third kappa shape index (κ3) is 4.08. The van der Waals surface area contributed by atoms with E-state index < -0.39 is 0 Å². The fraction of sp³-hybridized carbons (Fsp3) is 0.571. The summed E-state index contributed by atoms with van der Waals surface area (Å²) in [6.45, 7) is 4.71. The van der Waals surface area contributed by atoms with Gasteiger partial charge in [0.2, 0.25) is 18.6 Å². The molecule has 30 heavy (non-hydrogen) atoms. The number of hydrogen-bond donors (Lipinski definition) is 1. The van der Waals surface area contributed by atoms with E-state index >= 15 is 0 Å². The van der Waals surface area contributed by atoms with Gasteiger partial charge in [0.05, 0.1) is 5.25 Å². The van der Waals surface area contributed by atoms with Crippen molar-refractivity contribution >= 4 is 23.6 Å². The van der Waals surface area contributed by atoms with Crippen molar-refractivity contribution in [3.63, 3.8) is 0 Å². The number of carbonyl (C=O) groups is 1. The Kier molecular flexibility index (Phi) is 5.45. The predicted molar refractivity (Wildman–Crippen MR) is 114 cm³/mol. The van der Waals surface area contributed by atoms with Gasteiger partial charge in [-0.05, 0) is 56.7 Å². The summed E-state index contributed by atoms with van der Waals surface area (Å²) < 4.78 is 13.0. The van der Waals surface area contributed by atoms with Crippen LogP contribution in [-0.4, -0.2) is 45.8 Å². The van der Waals surface area contributed by atoms with E-state index in [-0.39, 0.29) is 18.0 Å². The molecule has 1 saturated heterocycles. The van der Waals surface area contributed by atoms with Gasteiger partial charge in [-0.15, -0.1) is 10.2 Å². The minimum Gasteiger partial charge on any atom is -0.454 e. The van der Waals surface area contributed by atoms with E-state index in [1.54, 1.807) is 0 Å². The molecule has 2 fully saturated rings. The molecule has 1 aromatic heterocycles. The van der Waals surface area contributed by atoms with Crippen LogP contribution in [0.25, 0.3) is 0 Å². The van der Waals surface area contributed by atoms with Crippen molar-refractivity contribution in [3.8, 4) is 11.5 Å². The number of piperidine rings is 1. The third-order valence-electron chi connectivity index (χ3n) is 5.75. The van der Waals surface area contributed by atoms with Gasteiger partial charge in [-0.1, -0.05) is 17.8 Å². The fourth-order valence-corrected chi connectivity index (χ4v) is 4.85. The number of fused-ring (bicyclic) bond motifs is 1. The fourth-order valence-electron chi connectivity index (χ4n) is 3.91. The Hall–Kier alpha value is -2.42. The lowest BCUT2D eigenvalue weighted by molar-refractivity contribution is -0.120. The summed E-state index contributed by atoms with van der Waals surface area (Å²) in [5, 5.41) is 12.6. The zero-order valence-electron chi connectivity index (χ0n) is 17.2. The summed E-state index contributed by atoms with van der Waals surface area (Å²) in [4.78, 5) is 15.1. The molecule has 1 aromatic carbocycles. The van der Waals surface area contributed by atoms with E-state index in [1.807, 2.05) is 25.1 Å². The minimum atomic E-state index is -0.255. The van der Waals surface area contributed by atoms with Crippen LogP contribution in [0.2, 0.25) is 0 Å². The molecule has 3 aliphatic rings. The normalized spacial score (nSPS) is 19.0. The molecule has 1 aliphatic carbocycles. The lowest BCUT2D eigenvalue weighted by Crippen LogP contribution is -2.32. The Bertz CT molecular complexity index is 923. The van der Waals surface area contributed by atoms with Gasteiger partial charge < -0.3 is 19.7 Å². The number of aromatic nitrogens is 3. The van der Waals surface area contributed by atoms with Gasteiger partial charge in [-0.2, -0.15) is 0 Å². The van der Waals surface area contributed by atoms with E-state index in [0.29, 0.717) is 12.6 Å². The largest absolute Gasteiger partial charge is 0.454 e. The van der Waals surface area contributed by atoms with Crippen molar-refractivity contribution in [2.24, 2.45) is 0 Å². The maximum Gasteiger partial charge on any atom is 0.233 e. The molecule has 2 aromatic rings. The van der Waals surface area contributed by atoms with Crippen LogP contribution in [0.5, 0.6) is 11.5 Å². The minimum absolute atomic E-state index is 0.0115. The van der Waals surface area contributed by atoms with Gasteiger partial charge in [0.25, 0.3) is 0 Å². The third-order valence-corrected chi connectivity index (χ3v) is 6.81. The second-order valence-corrected chi connectivity index (χ2v) is 9.40. The average molecular weight is 430 g/mol. The number of benzene rings is 1. The van der Waals surface area contributed by atoms with Gasteiger partial charge in [-0.25, -0.2) is 0 Å². The number of thioether (sulfide) groups is 1. The van der Waals surface area contributed by atoms with Crippen molar-refractivity contribution in [3.05, 3.63) is 23.8 Å². The molecule has 0 radical (unpaired) electrons. The van der Waals surface area contributed by atoms with Crippen LogP contribution >= 0.6 is 11.8 Å². The number of anilines is 1. The highest BCUT2D eigenvalue weighted by molar-refractivity contribution is 8.00. The lowest BCUT2D eigenvalue weighted by atomic mass is 10.1. The molecule has 2 aliphatic heterocycles. The first-order valence-electron chi connectivity index (χ1n) is 10.7. The molecule has 0 spiro atoms. The summed E-state index contributed by atoms with van der Waals surface area (Å²) in [5.74, 6) is 2.44. The summed E-state index contributed by atoms with van der Waals surface area (Å²) in [6, 6.07) is 6.21. The Labute approximate surface area is 180 Å². The first kappa shape index (κ1) is 19.5. The SMILES string of the molecule is CC(Sc1nnc(N2CCCCC2)n1C1CC1)C(=O)NCc1ccc2c(c1)OCO2. The Morgan fingerprint density at radius 2 is 2.00 bits per heavy atom. The number of rotatable bonds is 7. The van der Waals surface area contributed by atoms with E-state index in [4.69, 9.17) is 9.47 Å². The molecule has 5 rings (SSSR count). The van der Waals surface area contributed by atoms with Crippen molar-refractivity contribution in [1.82, 2.24) is 20.1 Å². The van der Waals surface area contributed by atoms with Crippen LogP contribution in [0.4, 0.5) is 5.95 Å². The van der Waals surface area contributed by atoms with Crippen molar-refractivity contribution < 1.29 is 14.3 Å². The summed E-state index contributed by atoms with van der Waals surface area (Å²) in [6.07, 6.45) is 6.03. The van der Waals surface area contributed by atoms with Gasteiger partial charge in [0.1, 0.15) is 0 Å². The number of amides is 1. The first-order valence-corrected chi connectivity index (χ1v) is 11.6. The van der Waals surface area contributed by atoms with Gasteiger partial charge in [0.15, 0.2) is 16.7 Å². The lowest BCUT2D eigenvalue weighted by Gasteiger charge is -2.28. The van der Waals surface area contributed by atoms with Crippen molar-refractivity contribution in [2.45, 2.75) is 62.0 Å². The zero-order chi connectivity index (χ0) is 20.5. The molecule has 9 heteroatoms. The van der Waals surface area contributed by atoms with Gasteiger partial charge in [-0.3, -0.25) is 9.36 Å². The smallest absolute Gasteiger partial charge is 0.233 e. The number of hydrogen-bond acceptors (Lipinski definition) is 7. The molecular formula is C21H27N5O3S. The molecule has 3 heterocycles. The van der Waals surface area contributed by atoms with Crippen LogP contribution in [0, 0.1) is 0 Å². The quantitative estimate of drug-likeness (QED) is 0.677. The maximum absolute atomic E-state index is 12.7. The topological polar surface area (TPSA) is 81.5 Å². The van der Waals surface area contributed by atoms with Crippen LogP contribution in [-0.2, 0) is 11.3 Å². The molecule has 1 atom stereocenters. The molecule has 1 unspecified atom stereocenters. The number of carbonyl (C=O) groups excluding carboxylic acids is 1. The van der Waals surface area contributed by atoms with Crippen molar-refractivity contribution in [2.75, 3.05) is 24.8 Å². The summed E-state index contributed by atoms with van der Waals surface area (Å²) >= 11 is 1.49. The zero-order valence-corrected chi connectivity index (χ0v) is 18.0. The highest BCUT2D eigenvalue weighted by Crippen LogP contribution is 2.42. The second kappa shape index (κ2) is 8.37. The van der Waals surface area contributed by atoms with Crippen LogP contribution < -0.4 is 19.7 Å². The maximum atomic E-state index is 12.7. The number of nitrogens with one attached hydrogen (secondary N) is 1. The molecule has 160 valence electrons. The Morgan fingerprint density at radius 3 is 2.80 bits per heavy atom. The molecule has 1 saturated carbocycles. The molecule has 1 N–H and O–H groups in total. The summed E-state index contributed by atoms with van der Waals surface area (Å²) in [7, 11) is 0. The Balaban J connectivity index is 1.22. The van der Waals surface area contributed by atoms with Gasteiger partial charge in [0, 0.05) is 25.7 Å². The number of ether oxygens (including phenoxy) is 2. The van der Waals surface area contributed by atoms with Crippen LogP contribution in [0.1, 0.15) is 50.6 Å². The molecule has 8 nitrogen and oxygen atoms in total. The van der Waals surface area contributed by atoms with E-state index in [1.165, 1.54) is 31.0 Å². The summed E-state index contributed by atoms with van der Waals surface area (Å²) in [5.41, 5.74) is 0.985. The number of nitrogens with zero attached hydrogens (tertiary/aromatic N) is 4. The highest BCUT2D eigenvalue weighted by Gasteiger charge is 2.33. The standard InChI is InChI=1S/C21H27N5O3S/c1-14(19(27)22-12-15-5-8-17-18(11-15)29-13-28-17)30-21-24-23-20(26(21)16-6-7-16)25-9-3-2-4-10-25/h5,8,11,14,16H,2-4,6-7,9-10,12-13H2,1H3,(H,22,27). The second-order valence-electron chi connectivity index (χ2n) is 8.10. The van der Waals surface area contributed by atoms with Crippen LogP contribution in [0.15, 0.2) is 23.4 Å². The predicted octanol–water partition coefficient (Wildman–Crippen LogP) is 3.13. The first-order chi connectivity index (χ1) is 14.7. The molecule has 0 bridgehead atoms. The molecule has 1 amide bonds.